The van der Waals surface area contributed by atoms with Gasteiger partial charge in [-0.15, -0.1) is 0 Å². The quantitative estimate of drug-likeness (QED) is 0.613. The lowest BCUT2D eigenvalue weighted by molar-refractivity contribution is -0.155. The van der Waals surface area contributed by atoms with Crippen LogP contribution in [-0.4, -0.2) is 21.1 Å². The topological polar surface area (TPSA) is 44.1 Å². The van der Waals surface area contributed by atoms with Crippen LogP contribution in [0.15, 0.2) is 24.5 Å². The molecule has 2 aromatic heterocycles. The van der Waals surface area contributed by atoms with Crippen LogP contribution in [-0.2, 0) is 16.1 Å². The number of fused-ring (bicyclic) bond motifs is 1. The number of pyridine rings is 1. The number of hydrogen-bond acceptors (Lipinski definition) is 3. The van der Waals surface area contributed by atoms with Crippen LogP contribution in [0.5, 0.6) is 0 Å². The number of ether oxygens (including phenoxy) is 1. The number of rotatable bonds is 2. The SMILES string of the molecule is CC(C)(C)OC(=O)Cn1cc(I)c2cccnc21. The van der Waals surface area contributed by atoms with E-state index >= 15 is 0 Å². The van der Waals surface area contributed by atoms with Crippen molar-refractivity contribution in [3.05, 3.63) is 28.1 Å². The zero-order chi connectivity index (χ0) is 13.3. The molecule has 5 heteroatoms. The third-order valence-electron chi connectivity index (χ3n) is 2.30. The highest BCUT2D eigenvalue weighted by Crippen LogP contribution is 2.21. The summed E-state index contributed by atoms with van der Waals surface area (Å²) in [5.41, 5.74) is 0.355. The van der Waals surface area contributed by atoms with Crippen molar-refractivity contribution >= 4 is 39.6 Å². The number of esters is 1. The fraction of sp³-hybridized carbons (Fsp3) is 0.385. The lowest BCUT2D eigenvalue weighted by Gasteiger charge is -2.19. The van der Waals surface area contributed by atoms with Crippen molar-refractivity contribution in [1.29, 1.82) is 0 Å². The number of carbonyl (C=O) groups is 1. The van der Waals surface area contributed by atoms with Crippen LogP contribution in [0.3, 0.4) is 0 Å². The number of nitrogens with zero attached hydrogens (tertiary/aromatic N) is 2. The molecular weight excluding hydrogens is 343 g/mol. The second-order valence-corrected chi connectivity index (χ2v) is 6.23. The van der Waals surface area contributed by atoms with Crippen LogP contribution in [0.2, 0.25) is 0 Å². The summed E-state index contributed by atoms with van der Waals surface area (Å²) < 4.78 is 8.22. The van der Waals surface area contributed by atoms with E-state index < -0.39 is 5.60 Å². The predicted octanol–water partition coefficient (Wildman–Crippen LogP) is 2.98. The summed E-state index contributed by atoms with van der Waals surface area (Å²) in [4.78, 5) is 16.1. The molecule has 0 saturated heterocycles. The van der Waals surface area contributed by atoms with Crippen molar-refractivity contribution in [3.63, 3.8) is 0 Å². The van der Waals surface area contributed by atoms with Crippen molar-refractivity contribution in [2.45, 2.75) is 32.9 Å². The molecule has 0 unspecified atom stereocenters. The van der Waals surface area contributed by atoms with E-state index in [1.807, 2.05) is 43.7 Å². The largest absolute Gasteiger partial charge is 0.459 e. The van der Waals surface area contributed by atoms with Crippen LogP contribution in [0.4, 0.5) is 0 Å². The van der Waals surface area contributed by atoms with Gasteiger partial charge in [-0.05, 0) is 55.5 Å². The molecule has 0 radical (unpaired) electrons. The van der Waals surface area contributed by atoms with Crippen molar-refractivity contribution in [1.82, 2.24) is 9.55 Å². The van der Waals surface area contributed by atoms with E-state index in [9.17, 15) is 4.79 Å². The first-order valence-corrected chi connectivity index (χ1v) is 6.76. The summed E-state index contributed by atoms with van der Waals surface area (Å²) in [6.07, 6.45) is 3.64. The second kappa shape index (κ2) is 4.87. The Morgan fingerprint density at radius 2 is 2.22 bits per heavy atom. The van der Waals surface area contributed by atoms with E-state index in [1.165, 1.54) is 0 Å². The Labute approximate surface area is 119 Å². The molecule has 2 heterocycles. The van der Waals surface area contributed by atoms with Gasteiger partial charge in [-0.2, -0.15) is 0 Å². The van der Waals surface area contributed by atoms with Gasteiger partial charge in [0.05, 0.1) is 0 Å². The molecule has 0 fully saturated rings. The summed E-state index contributed by atoms with van der Waals surface area (Å²) in [7, 11) is 0. The Morgan fingerprint density at radius 1 is 1.50 bits per heavy atom. The molecule has 0 aromatic carbocycles. The van der Waals surface area contributed by atoms with E-state index in [4.69, 9.17) is 4.74 Å². The molecule has 0 amide bonds. The highest BCUT2D eigenvalue weighted by atomic mass is 127. The maximum atomic E-state index is 11.8. The average molecular weight is 358 g/mol. The number of halogens is 1. The summed E-state index contributed by atoms with van der Waals surface area (Å²) in [6.45, 7) is 5.77. The minimum Gasteiger partial charge on any atom is -0.459 e. The predicted molar refractivity (Wildman–Crippen MR) is 78.3 cm³/mol. The Bertz CT molecular complexity index is 584. The number of carbonyl (C=O) groups excluding carboxylic acids is 1. The fourth-order valence-electron chi connectivity index (χ4n) is 1.71. The lowest BCUT2D eigenvalue weighted by Crippen LogP contribution is -2.26. The zero-order valence-electron chi connectivity index (χ0n) is 10.6. The minimum absolute atomic E-state index is 0.188. The molecule has 0 bridgehead atoms. The van der Waals surface area contributed by atoms with Gasteiger partial charge < -0.3 is 9.30 Å². The molecule has 0 saturated carbocycles. The molecule has 0 aliphatic rings. The van der Waals surface area contributed by atoms with E-state index in [0.717, 1.165) is 14.6 Å². The highest BCUT2D eigenvalue weighted by Gasteiger charge is 2.17. The highest BCUT2D eigenvalue weighted by molar-refractivity contribution is 14.1. The van der Waals surface area contributed by atoms with Crippen molar-refractivity contribution < 1.29 is 9.53 Å². The molecule has 0 aliphatic heterocycles. The molecule has 0 atom stereocenters. The molecule has 4 nitrogen and oxygen atoms in total. The molecule has 0 spiro atoms. The number of hydrogen-bond donors (Lipinski definition) is 0. The van der Waals surface area contributed by atoms with Gasteiger partial charge in [0.25, 0.3) is 0 Å². The molecule has 0 N–H and O–H groups in total. The van der Waals surface area contributed by atoms with Crippen molar-refractivity contribution in [2.75, 3.05) is 0 Å². The zero-order valence-corrected chi connectivity index (χ0v) is 12.8. The van der Waals surface area contributed by atoms with E-state index in [1.54, 1.807) is 6.20 Å². The van der Waals surface area contributed by atoms with Crippen molar-refractivity contribution in [2.24, 2.45) is 0 Å². The first-order chi connectivity index (χ1) is 8.37. The summed E-state index contributed by atoms with van der Waals surface area (Å²) >= 11 is 2.24. The van der Waals surface area contributed by atoms with Crippen LogP contribution in [0, 0.1) is 3.57 Å². The standard InChI is InChI=1S/C13H15IN2O2/c1-13(2,3)18-11(17)8-16-7-10(14)9-5-4-6-15-12(9)16/h4-7H,8H2,1-3H3. The number of aromatic nitrogens is 2. The van der Waals surface area contributed by atoms with E-state index in [0.29, 0.717) is 0 Å². The third-order valence-corrected chi connectivity index (χ3v) is 3.16. The van der Waals surface area contributed by atoms with E-state index in [2.05, 4.69) is 27.6 Å². The molecule has 0 aliphatic carbocycles. The van der Waals surface area contributed by atoms with Gasteiger partial charge in [0, 0.05) is 21.4 Å². The van der Waals surface area contributed by atoms with Gasteiger partial charge in [0.2, 0.25) is 0 Å². The van der Waals surface area contributed by atoms with Gasteiger partial charge in [-0.1, -0.05) is 0 Å². The Morgan fingerprint density at radius 3 is 2.89 bits per heavy atom. The Kier molecular flexibility index (Phi) is 3.61. The maximum absolute atomic E-state index is 11.8. The first-order valence-electron chi connectivity index (χ1n) is 5.68. The smallest absolute Gasteiger partial charge is 0.326 e. The van der Waals surface area contributed by atoms with Crippen LogP contribution in [0.1, 0.15) is 20.8 Å². The van der Waals surface area contributed by atoms with Crippen LogP contribution < -0.4 is 0 Å². The van der Waals surface area contributed by atoms with E-state index in [-0.39, 0.29) is 12.5 Å². The van der Waals surface area contributed by atoms with Gasteiger partial charge >= 0.3 is 5.97 Å². The first kappa shape index (κ1) is 13.3. The average Bonchev–Trinajstić information content (AvgIpc) is 2.54. The van der Waals surface area contributed by atoms with Gasteiger partial charge in [-0.3, -0.25) is 4.79 Å². The molecule has 2 aromatic rings. The lowest BCUT2D eigenvalue weighted by atomic mass is 10.2. The fourth-order valence-corrected chi connectivity index (χ4v) is 2.47. The molecule has 18 heavy (non-hydrogen) atoms. The third kappa shape index (κ3) is 3.01. The second-order valence-electron chi connectivity index (χ2n) is 5.07. The Balaban J connectivity index is 2.25. The summed E-state index contributed by atoms with van der Waals surface area (Å²) in [5.74, 6) is -0.249. The summed E-state index contributed by atoms with van der Waals surface area (Å²) in [5, 5.41) is 1.06. The van der Waals surface area contributed by atoms with Gasteiger partial charge in [-0.25, -0.2) is 4.98 Å². The van der Waals surface area contributed by atoms with Crippen LogP contribution in [0.25, 0.3) is 11.0 Å². The monoisotopic (exact) mass is 358 g/mol. The van der Waals surface area contributed by atoms with Gasteiger partial charge in [0.15, 0.2) is 0 Å². The molecule has 96 valence electrons. The molecular formula is C13H15IN2O2. The summed E-state index contributed by atoms with van der Waals surface area (Å²) in [6, 6.07) is 3.89. The minimum atomic E-state index is -0.458. The van der Waals surface area contributed by atoms with Crippen LogP contribution >= 0.6 is 22.6 Å². The molecule has 2 rings (SSSR count). The maximum Gasteiger partial charge on any atom is 0.326 e. The van der Waals surface area contributed by atoms with Crippen molar-refractivity contribution in [3.8, 4) is 0 Å². The Hall–Kier alpha value is -1.11. The van der Waals surface area contributed by atoms with Gasteiger partial charge in [0.1, 0.15) is 17.8 Å². The normalized spacial score (nSPS) is 11.8.